The number of nitrogens with one attached hydrogen (secondary N) is 2. The predicted molar refractivity (Wildman–Crippen MR) is 131 cm³/mol. The molecule has 0 aromatic heterocycles. The molecule has 180 valence electrons. The third kappa shape index (κ3) is 6.23. The van der Waals surface area contributed by atoms with E-state index in [1.165, 1.54) is 11.8 Å². The molecule has 1 aliphatic rings. The van der Waals surface area contributed by atoms with Gasteiger partial charge in [0.1, 0.15) is 11.4 Å². The number of ether oxygens (including phenoxy) is 2. The molecule has 0 aliphatic carbocycles. The van der Waals surface area contributed by atoms with E-state index in [-0.39, 0.29) is 36.4 Å². The van der Waals surface area contributed by atoms with Gasteiger partial charge in [0.25, 0.3) is 11.8 Å². The van der Waals surface area contributed by atoms with E-state index in [9.17, 15) is 14.4 Å². The predicted octanol–water partition coefficient (Wildman–Crippen LogP) is 4.05. The summed E-state index contributed by atoms with van der Waals surface area (Å²) in [5, 5.41) is 5.84. The Morgan fingerprint density at radius 1 is 1.00 bits per heavy atom. The second-order valence-electron chi connectivity index (χ2n) is 8.19. The summed E-state index contributed by atoms with van der Waals surface area (Å²) >= 11 is 0. The number of anilines is 2. The van der Waals surface area contributed by atoms with Crippen LogP contribution in [-0.2, 0) is 19.1 Å². The summed E-state index contributed by atoms with van der Waals surface area (Å²) in [5.74, 6) is -0.334. The number of benzene rings is 2. The minimum atomic E-state index is -0.418. The molecule has 1 aliphatic heterocycles. The molecular weight excluding hydrogens is 434 g/mol. The average molecular weight is 466 g/mol. The first-order valence-corrected chi connectivity index (χ1v) is 11.4. The molecule has 3 amide bonds. The molecule has 0 saturated heterocycles. The largest absolute Gasteiger partial charge is 0.494 e. The highest BCUT2D eigenvalue weighted by molar-refractivity contribution is 6.36. The fraction of sp³-hybridized carbons (Fsp3) is 0.346. The fourth-order valence-electron chi connectivity index (χ4n) is 3.49. The van der Waals surface area contributed by atoms with Crippen LogP contribution in [0.15, 0.2) is 54.2 Å². The molecule has 8 heteroatoms. The first kappa shape index (κ1) is 25.0. The zero-order valence-electron chi connectivity index (χ0n) is 20.0. The topological polar surface area (TPSA) is 97.0 Å². The first-order valence-electron chi connectivity index (χ1n) is 11.4. The van der Waals surface area contributed by atoms with Crippen molar-refractivity contribution in [2.24, 2.45) is 0 Å². The number of rotatable bonds is 11. The second kappa shape index (κ2) is 11.5. The van der Waals surface area contributed by atoms with Gasteiger partial charge in [-0.05, 0) is 50.1 Å². The minimum absolute atomic E-state index is 0.00925. The Morgan fingerprint density at radius 3 is 2.38 bits per heavy atom. The summed E-state index contributed by atoms with van der Waals surface area (Å²) in [6.07, 6.45) is 0.868. The van der Waals surface area contributed by atoms with Gasteiger partial charge >= 0.3 is 0 Å². The molecular formula is C26H31N3O5. The number of hydrogen-bond donors (Lipinski definition) is 2. The van der Waals surface area contributed by atoms with Crippen LogP contribution in [0.25, 0.3) is 5.57 Å². The van der Waals surface area contributed by atoms with Gasteiger partial charge in [-0.2, -0.15) is 0 Å². The fourth-order valence-corrected chi connectivity index (χ4v) is 3.49. The van der Waals surface area contributed by atoms with Gasteiger partial charge in [-0.3, -0.25) is 19.3 Å². The number of hydrogen-bond acceptors (Lipinski definition) is 6. The Kier molecular flexibility index (Phi) is 8.43. The Hall–Kier alpha value is -3.65. The quantitative estimate of drug-likeness (QED) is 0.486. The monoisotopic (exact) mass is 465 g/mol. The maximum absolute atomic E-state index is 13.3. The second-order valence-corrected chi connectivity index (χ2v) is 8.19. The standard InChI is InChI=1S/C26H31N3O5/c1-5-14-34-22-8-6-7-21(16-22)28-24-23(19-9-11-20(12-10-19)27-18(4)30)25(31)29(26(24)32)13-15-33-17(2)3/h6-12,16-17,28H,5,13-15H2,1-4H3,(H,27,30). The number of nitrogens with zero attached hydrogens (tertiary/aromatic N) is 1. The van der Waals surface area contributed by atoms with Crippen molar-refractivity contribution >= 4 is 34.7 Å². The van der Waals surface area contributed by atoms with Gasteiger partial charge in [0.05, 0.1) is 31.4 Å². The van der Waals surface area contributed by atoms with Gasteiger partial charge in [-0.1, -0.05) is 25.1 Å². The third-order valence-electron chi connectivity index (χ3n) is 5.00. The van der Waals surface area contributed by atoms with Crippen molar-refractivity contribution in [1.82, 2.24) is 4.90 Å². The average Bonchev–Trinajstić information content (AvgIpc) is 3.02. The van der Waals surface area contributed by atoms with E-state index >= 15 is 0 Å². The van der Waals surface area contributed by atoms with Gasteiger partial charge in [0.15, 0.2) is 0 Å². The van der Waals surface area contributed by atoms with E-state index in [0.717, 1.165) is 6.42 Å². The van der Waals surface area contributed by atoms with Crippen LogP contribution in [0.2, 0.25) is 0 Å². The van der Waals surface area contributed by atoms with Crippen LogP contribution in [0.3, 0.4) is 0 Å². The van der Waals surface area contributed by atoms with Crippen LogP contribution in [-0.4, -0.2) is 48.5 Å². The normalized spacial score (nSPS) is 13.6. The van der Waals surface area contributed by atoms with Crippen LogP contribution in [0, 0.1) is 0 Å². The molecule has 2 aromatic carbocycles. The third-order valence-corrected chi connectivity index (χ3v) is 5.00. The highest BCUT2D eigenvalue weighted by Crippen LogP contribution is 2.32. The van der Waals surface area contributed by atoms with Crippen LogP contribution in [0.1, 0.15) is 39.7 Å². The van der Waals surface area contributed by atoms with E-state index < -0.39 is 11.8 Å². The van der Waals surface area contributed by atoms with Gasteiger partial charge < -0.3 is 20.1 Å². The Bertz CT molecular complexity index is 1080. The Morgan fingerprint density at radius 2 is 1.74 bits per heavy atom. The summed E-state index contributed by atoms with van der Waals surface area (Å²) in [6, 6.07) is 14.1. The molecule has 0 atom stereocenters. The Labute approximate surface area is 199 Å². The van der Waals surface area contributed by atoms with Crippen LogP contribution >= 0.6 is 0 Å². The smallest absolute Gasteiger partial charge is 0.278 e. The summed E-state index contributed by atoms with van der Waals surface area (Å²) in [5.41, 5.74) is 2.27. The molecule has 2 aromatic rings. The molecule has 0 bridgehead atoms. The lowest BCUT2D eigenvalue weighted by atomic mass is 10.0. The molecule has 34 heavy (non-hydrogen) atoms. The zero-order valence-corrected chi connectivity index (χ0v) is 20.0. The van der Waals surface area contributed by atoms with Gasteiger partial charge in [-0.15, -0.1) is 0 Å². The summed E-state index contributed by atoms with van der Waals surface area (Å²) in [4.78, 5) is 39.1. The van der Waals surface area contributed by atoms with Crippen molar-refractivity contribution in [2.75, 3.05) is 30.4 Å². The van der Waals surface area contributed by atoms with Crippen molar-refractivity contribution in [2.45, 2.75) is 40.2 Å². The summed E-state index contributed by atoms with van der Waals surface area (Å²) in [6.45, 7) is 8.22. The van der Waals surface area contributed by atoms with E-state index in [1.54, 1.807) is 30.3 Å². The van der Waals surface area contributed by atoms with Crippen LogP contribution in [0.5, 0.6) is 5.75 Å². The molecule has 0 fully saturated rings. The van der Waals surface area contributed by atoms with Crippen molar-refractivity contribution in [1.29, 1.82) is 0 Å². The summed E-state index contributed by atoms with van der Waals surface area (Å²) in [7, 11) is 0. The maximum atomic E-state index is 13.3. The Balaban J connectivity index is 1.93. The van der Waals surface area contributed by atoms with Gasteiger partial charge in [0, 0.05) is 24.4 Å². The van der Waals surface area contributed by atoms with Gasteiger partial charge in [0.2, 0.25) is 5.91 Å². The lowest BCUT2D eigenvalue weighted by Gasteiger charge is -2.16. The lowest BCUT2D eigenvalue weighted by molar-refractivity contribution is -0.138. The van der Waals surface area contributed by atoms with E-state index in [4.69, 9.17) is 9.47 Å². The van der Waals surface area contributed by atoms with Crippen molar-refractivity contribution < 1.29 is 23.9 Å². The highest BCUT2D eigenvalue weighted by Gasteiger charge is 2.39. The molecule has 2 N–H and O–H groups in total. The zero-order chi connectivity index (χ0) is 24.7. The van der Waals surface area contributed by atoms with Crippen LogP contribution < -0.4 is 15.4 Å². The molecule has 0 spiro atoms. The molecule has 1 heterocycles. The van der Waals surface area contributed by atoms with Crippen molar-refractivity contribution in [3.63, 3.8) is 0 Å². The molecule has 0 radical (unpaired) electrons. The molecule has 0 saturated carbocycles. The highest BCUT2D eigenvalue weighted by atomic mass is 16.5. The van der Waals surface area contributed by atoms with Gasteiger partial charge in [-0.25, -0.2) is 0 Å². The number of imide groups is 1. The van der Waals surface area contributed by atoms with E-state index in [0.29, 0.717) is 29.3 Å². The summed E-state index contributed by atoms with van der Waals surface area (Å²) < 4.78 is 11.3. The van der Waals surface area contributed by atoms with Crippen molar-refractivity contribution in [3.05, 3.63) is 59.8 Å². The number of carbonyl (C=O) groups is 3. The molecule has 3 rings (SSSR count). The first-order chi connectivity index (χ1) is 16.3. The SMILES string of the molecule is CCCOc1cccc(NC2=C(c3ccc(NC(C)=O)cc3)C(=O)N(CCOC(C)C)C2=O)c1. The molecule has 0 unspecified atom stereocenters. The molecule has 8 nitrogen and oxygen atoms in total. The maximum Gasteiger partial charge on any atom is 0.278 e. The van der Waals surface area contributed by atoms with Crippen LogP contribution in [0.4, 0.5) is 11.4 Å². The number of amides is 3. The number of carbonyl (C=O) groups excluding carboxylic acids is 3. The lowest BCUT2D eigenvalue weighted by Crippen LogP contribution is -2.35. The minimum Gasteiger partial charge on any atom is -0.494 e. The van der Waals surface area contributed by atoms with E-state index in [2.05, 4.69) is 10.6 Å². The van der Waals surface area contributed by atoms with Crippen molar-refractivity contribution in [3.8, 4) is 5.75 Å². The van der Waals surface area contributed by atoms with E-state index in [1.807, 2.05) is 39.0 Å².